The predicted octanol–water partition coefficient (Wildman–Crippen LogP) is 2.55. The fraction of sp³-hybridized carbons (Fsp3) is 0.222. The van der Waals surface area contributed by atoms with Crippen LogP contribution in [0.1, 0.15) is 12.5 Å². The van der Waals surface area contributed by atoms with E-state index in [4.69, 9.17) is 0 Å². The molecule has 0 saturated heterocycles. The average Bonchev–Trinajstić information content (AvgIpc) is 2.61. The van der Waals surface area contributed by atoms with Crippen LogP contribution in [0.5, 0.6) is 5.75 Å². The highest BCUT2D eigenvalue weighted by atomic mass is 19.4. The molecule has 9 heteroatoms. The Hall–Kier alpha value is -3.07. The second kappa shape index (κ2) is 8.09. The van der Waals surface area contributed by atoms with E-state index in [0.717, 1.165) is 24.3 Å². The molecule has 144 valence electrons. The van der Waals surface area contributed by atoms with Gasteiger partial charge in [0.15, 0.2) is 0 Å². The topological polar surface area (TPSA) is 87.7 Å². The maximum Gasteiger partial charge on any atom is 0.573 e. The maximum atomic E-state index is 12.1. The quantitative estimate of drug-likeness (QED) is 0.694. The zero-order chi connectivity index (χ0) is 20.1. The third-order valence-electron chi connectivity index (χ3n) is 3.54. The van der Waals surface area contributed by atoms with Crippen molar-refractivity contribution >= 4 is 17.5 Å². The molecule has 0 radical (unpaired) electrons. The third-order valence-corrected chi connectivity index (χ3v) is 3.54. The highest BCUT2D eigenvalue weighted by Crippen LogP contribution is 2.24. The number of amides is 2. The SMILES string of the molecule is CC(O)(CNC(=O)C(=O)Nc1ccc(OC(F)(F)F)cc1)c1ccccc1. The van der Waals surface area contributed by atoms with Crippen LogP contribution in [0.4, 0.5) is 18.9 Å². The lowest BCUT2D eigenvalue weighted by molar-refractivity contribution is -0.274. The van der Waals surface area contributed by atoms with Crippen LogP contribution in [-0.2, 0) is 15.2 Å². The van der Waals surface area contributed by atoms with Crippen LogP contribution >= 0.6 is 0 Å². The molecule has 0 aliphatic heterocycles. The van der Waals surface area contributed by atoms with E-state index in [1.165, 1.54) is 6.92 Å². The second-order valence-corrected chi connectivity index (χ2v) is 5.85. The van der Waals surface area contributed by atoms with Crippen LogP contribution in [0.15, 0.2) is 54.6 Å². The molecule has 0 spiro atoms. The van der Waals surface area contributed by atoms with Crippen molar-refractivity contribution in [1.82, 2.24) is 5.32 Å². The summed E-state index contributed by atoms with van der Waals surface area (Å²) in [6.45, 7) is 1.28. The minimum Gasteiger partial charge on any atom is -0.406 e. The van der Waals surface area contributed by atoms with Crippen LogP contribution in [0, 0.1) is 0 Å². The molecule has 2 amide bonds. The van der Waals surface area contributed by atoms with Gasteiger partial charge in [-0.15, -0.1) is 13.2 Å². The third kappa shape index (κ3) is 6.30. The lowest BCUT2D eigenvalue weighted by atomic mass is 9.96. The number of nitrogens with one attached hydrogen (secondary N) is 2. The first kappa shape index (κ1) is 20.2. The molecule has 2 rings (SSSR count). The largest absolute Gasteiger partial charge is 0.573 e. The molecule has 0 aliphatic rings. The van der Waals surface area contributed by atoms with Gasteiger partial charge in [0.05, 0.1) is 6.54 Å². The fourth-order valence-corrected chi connectivity index (χ4v) is 2.16. The molecule has 6 nitrogen and oxygen atoms in total. The first-order valence-corrected chi connectivity index (χ1v) is 7.80. The van der Waals surface area contributed by atoms with E-state index in [1.807, 2.05) is 0 Å². The Morgan fingerprint density at radius 1 is 1.00 bits per heavy atom. The number of hydrogen-bond acceptors (Lipinski definition) is 4. The molecule has 1 unspecified atom stereocenters. The van der Waals surface area contributed by atoms with Crippen molar-refractivity contribution in [2.24, 2.45) is 0 Å². The van der Waals surface area contributed by atoms with E-state index in [9.17, 15) is 27.9 Å². The standard InChI is InChI=1S/C18H17F3N2O4/c1-17(26,12-5-3-2-4-6-12)11-22-15(24)16(25)23-13-7-9-14(10-8-13)27-18(19,20)21/h2-10,26H,11H2,1H3,(H,22,24)(H,23,25). The van der Waals surface area contributed by atoms with Crippen LogP contribution in [0.2, 0.25) is 0 Å². The van der Waals surface area contributed by atoms with Crippen LogP contribution in [-0.4, -0.2) is 29.8 Å². The van der Waals surface area contributed by atoms with Gasteiger partial charge in [-0.3, -0.25) is 9.59 Å². The average molecular weight is 382 g/mol. The summed E-state index contributed by atoms with van der Waals surface area (Å²) in [7, 11) is 0. The van der Waals surface area contributed by atoms with Gasteiger partial charge in [0.25, 0.3) is 0 Å². The molecule has 0 aliphatic carbocycles. The number of carbonyl (C=O) groups is 2. The Labute approximate surface area is 153 Å². The normalized spacial score (nSPS) is 13.4. The maximum absolute atomic E-state index is 12.1. The Morgan fingerprint density at radius 2 is 1.59 bits per heavy atom. The summed E-state index contributed by atoms with van der Waals surface area (Å²) >= 11 is 0. The van der Waals surface area contributed by atoms with Gasteiger partial charge in [-0.25, -0.2) is 0 Å². The predicted molar refractivity (Wildman–Crippen MR) is 90.8 cm³/mol. The lowest BCUT2D eigenvalue weighted by Crippen LogP contribution is -2.43. The number of anilines is 1. The van der Waals surface area contributed by atoms with Crippen molar-refractivity contribution in [2.45, 2.75) is 18.9 Å². The number of carbonyl (C=O) groups excluding carboxylic acids is 2. The summed E-state index contributed by atoms with van der Waals surface area (Å²) in [5.41, 5.74) is -0.709. The van der Waals surface area contributed by atoms with Gasteiger partial charge in [-0.2, -0.15) is 0 Å². The molecule has 27 heavy (non-hydrogen) atoms. The Balaban J connectivity index is 1.89. The monoisotopic (exact) mass is 382 g/mol. The van der Waals surface area contributed by atoms with Crippen LogP contribution in [0.25, 0.3) is 0 Å². The van der Waals surface area contributed by atoms with Crippen molar-refractivity contribution in [3.8, 4) is 5.75 Å². The summed E-state index contributed by atoms with van der Waals surface area (Å²) in [5.74, 6) is -2.48. The molecule has 0 fully saturated rings. The van der Waals surface area contributed by atoms with Gasteiger partial charge in [0.2, 0.25) is 0 Å². The van der Waals surface area contributed by atoms with E-state index in [0.29, 0.717) is 5.56 Å². The number of alkyl halides is 3. The van der Waals surface area contributed by atoms with E-state index in [2.05, 4.69) is 15.4 Å². The summed E-state index contributed by atoms with van der Waals surface area (Å²) in [5, 5.41) is 14.9. The molecule has 1 atom stereocenters. The van der Waals surface area contributed by atoms with Crippen LogP contribution < -0.4 is 15.4 Å². The van der Waals surface area contributed by atoms with Crippen molar-refractivity contribution in [3.05, 3.63) is 60.2 Å². The molecule has 2 aromatic carbocycles. The number of rotatable bonds is 5. The Bertz CT molecular complexity index is 791. The summed E-state index contributed by atoms with van der Waals surface area (Å²) < 4.78 is 40.0. The highest BCUT2D eigenvalue weighted by molar-refractivity contribution is 6.39. The molecule has 3 N–H and O–H groups in total. The molecule has 0 heterocycles. The lowest BCUT2D eigenvalue weighted by Gasteiger charge is -2.24. The summed E-state index contributed by atoms with van der Waals surface area (Å²) in [4.78, 5) is 23.7. The number of benzene rings is 2. The number of hydrogen-bond donors (Lipinski definition) is 3. The molecular formula is C18H17F3N2O4. The van der Waals surface area contributed by atoms with E-state index in [1.54, 1.807) is 30.3 Å². The van der Waals surface area contributed by atoms with Crippen molar-refractivity contribution in [3.63, 3.8) is 0 Å². The Morgan fingerprint density at radius 3 is 2.15 bits per heavy atom. The second-order valence-electron chi connectivity index (χ2n) is 5.85. The minimum absolute atomic E-state index is 0.111. The van der Waals surface area contributed by atoms with E-state index < -0.39 is 29.5 Å². The molecular weight excluding hydrogens is 365 g/mol. The van der Waals surface area contributed by atoms with E-state index in [-0.39, 0.29) is 12.2 Å². The van der Waals surface area contributed by atoms with E-state index >= 15 is 0 Å². The highest BCUT2D eigenvalue weighted by Gasteiger charge is 2.31. The molecule has 0 bridgehead atoms. The zero-order valence-corrected chi connectivity index (χ0v) is 14.2. The Kier molecular flexibility index (Phi) is 6.06. The van der Waals surface area contributed by atoms with Gasteiger partial charge in [0, 0.05) is 5.69 Å². The van der Waals surface area contributed by atoms with Gasteiger partial charge in [0.1, 0.15) is 11.4 Å². The van der Waals surface area contributed by atoms with Crippen molar-refractivity contribution in [2.75, 3.05) is 11.9 Å². The minimum atomic E-state index is -4.82. The van der Waals surface area contributed by atoms with Gasteiger partial charge >= 0.3 is 18.2 Å². The zero-order valence-electron chi connectivity index (χ0n) is 14.2. The molecule has 2 aromatic rings. The number of halogens is 3. The van der Waals surface area contributed by atoms with Crippen molar-refractivity contribution < 1.29 is 32.6 Å². The van der Waals surface area contributed by atoms with Gasteiger partial charge in [-0.05, 0) is 36.8 Å². The smallest absolute Gasteiger partial charge is 0.406 e. The molecule has 0 saturated carbocycles. The molecule has 0 aromatic heterocycles. The fourth-order valence-electron chi connectivity index (χ4n) is 2.16. The summed E-state index contributed by atoms with van der Waals surface area (Å²) in [6, 6.07) is 12.9. The van der Waals surface area contributed by atoms with Crippen LogP contribution in [0.3, 0.4) is 0 Å². The first-order chi connectivity index (χ1) is 12.6. The van der Waals surface area contributed by atoms with Gasteiger partial charge in [-0.1, -0.05) is 30.3 Å². The number of ether oxygens (including phenoxy) is 1. The summed E-state index contributed by atoms with van der Waals surface area (Å²) in [6.07, 6.45) is -4.82. The number of aliphatic hydroxyl groups is 1. The van der Waals surface area contributed by atoms with Gasteiger partial charge < -0.3 is 20.5 Å². The van der Waals surface area contributed by atoms with Crippen molar-refractivity contribution in [1.29, 1.82) is 0 Å². The first-order valence-electron chi connectivity index (χ1n) is 7.80.